The molecule has 0 aliphatic rings. The van der Waals surface area contributed by atoms with Crippen molar-refractivity contribution in [1.82, 2.24) is 0 Å². The molecule has 0 spiro atoms. The molecule has 1 aromatic rings. The van der Waals surface area contributed by atoms with Crippen molar-refractivity contribution >= 4 is 11.7 Å². The van der Waals surface area contributed by atoms with Gasteiger partial charge in [-0.1, -0.05) is 0 Å². The number of anilines is 1. The Kier molecular flexibility index (Phi) is 4.97. The van der Waals surface area contributed by atoms with Gasteiger partial charge in [0.1, 0.15) is 6.54 Å². The van der Waals surface area contributed by atoms with Gasteiger partial charge in [-0.25, -0.2) is 0 Å². The number of nitriles is 1. The lowest BCUT2D eigenvalue weighted by molar-refractivity contribution is -0.139. The molecule has 108 valence electrons. The molecule has 0 bridgehead atoms. The molecule has 20 heavy (non-hydrogen) atoms. The standard InChI is InChI=1S/C13H13F3N2O2/c1-3-18(8-12(19)20-2)10-5-4-9(7-17)11(6-10)13(14,15)16/h4-6H,3,8H2,1-2H3. The molecule has 0 fully saturated rings. The molecular weight excluding hydrogens is 273 g/mol. The number of rotatable bonds is 4. The van der Waals surface area contributed by atoms with E-state index in [2.05, 4.69) is 4.74 Å². The van der Waals surface area contributed by atoms with Crippen molar-refractivity contribution in [3.8, 4) is 6.07 Å². The average Bonchev–Trinajstić information content (AvgIpc) is 2.42. The van der Waals surface area contributed by atoms with Crippen molar-refractivity contribution in [1.29, 1.82) is 5.26 Å². The average molecular weight is 286 g/mol. The normalized spacial score (nSPS) is 10.8. The summed E-state index contributed by atoms with van der Waals surface area (Å²) in [4.78, 5) is 12.7. The molecule has 4 nitrogen and oxygen atoms in total. The maximum absolute atomic E-state index is 12.9. The number of carbonyl (C=O) groups is 1. The number of halogens is 3. The number of hydrogen-bond donors (Lipinski definition) is 0. The summed E-state index contributed by atoms with van der Waals surface area (Å²) in [6, 6.07) is 4.84. The van der Waals surface area contributed by atoms with Crippen molar-refractivity contribution in [3.05, 3.63) is 29.3 Å². The van der Waals surface area contributed by atoms with E-state index in [1.165, 1.54) is 24.1 Å². The number of hydrogen-bond acceptors (Lipinski definition) is 4. The molecule has 0 unspecified atom stereocenters. The first kappa shape index (κ1) is 15.8. The third kappa shape index (κ3) is 3.63. The molecule has 0 aliphatic heterocycles. The van der Waals surface area contributed by atoms with E-state index < -0.39 is 23.3 Å². The zero-order chi connectivity index (χ0) is 15.3. The lowest BCUT2D eigenvalue weighted by Crippen LogP contribution is -2.30. The SMILES string of the molecule is CCN(CC(=O)OC)c1ccc(C#N)c(C(F)(F)F)c1. The minimum Gasteiger partial charge on any atom is -0.468 e. The van der Waals surface area contributed by atoms with Crippen LogP contribution >= 0.6 is 0 Å². The molecule has 0 amide bonds. The molecule has 0 saturated heterocycles. The molecule has 0 aliphatic carbocycles. The number of esters is 1. The van der Waals surface area contributed by atoms with Crippen LogP contribution in [0.15, 0.2) is 18.2 Å². The number of alkyl halides is 3. The van der Waals surface area contributed by atoms with Crippen LogP contribution in [0.5, 0.6) is 0 Å². The second-order valence-electron chi connectivity index (χ2n) is 3.93. The first-order chi connectivity index (χ1) is 9.33. The lowest BCUT2D eigenvalue weighted by Gasteiger charge is -2.23. The van der Waals surface area contributed by atoms with Gasteiger partial charge < -0.3 is 9.64 Å². The van der Waals surface area contributed by atoms with E-state index in [0.717, 1.165) is 12.1 Å². The van der Waals surface area contributed by atoms with Crippen molar-refractivity contribution in [2.45, 2.75) is 13.1 Å². The van der Waals surface area contributed by atoms with Crippen molar-refractivity contribution in [2.24, 2.45) is 0 Å². The smallest absolute Gasteiger partial charge is 0.417 e. The molecule has 1 rings (SSSR count). The summed E-state index contributed by atoms with van der Waals surface area (Å²) in [6.45, 7) is 1.88. The first-order valence-electron chi connectivity index (χ1n) is 5.76. The van der Waals surface area contributed by atoms with Gasteiger partial charge in [0.05, 0.1) is 24.3 Å². The van der Waals surface area contributed by atoms with Crippen LogP contribution in [0.2, 0.25) is 0 Å². The molecular formula is C13H13F3N2O2. The Labute approximate surface area is 114 Å². The number of benzene rings is 1. The monoisotopic (exact) mass is 286 g/mol. The van der Waals surface area contributed by atoms with Gasteiger partial charge in [-0.2, -0.15) is 18.4 Å². The van der Waals surface area contributed by atoms with Crippen molar-refractivity contribution < 1.29 is 22.7 Å². The molecule has 0 N–H and O–H groups in total. The number of ether oxygens (including phenoxy) is 1. The Morgan fingerprint density at radius 1 is 1.45 bits per heavy atom. The maximum atomic E-state index is 12.9. The van der Waals surface area contributed by atoms with E-state index in [0.29, 0.717) is 6.54 Å². The Hall–Kier alpha value is -2.23. The minimum atomic E-state index is -4.62. The number of likely N-dealkylation sites (N-methyl/N-ethyl adjacent to an activating group) is 1. The van der Waals surface area contributed by atoms with Crippen LogP contribution < -0.4 is 4.90 Å². The van der Waals surface area contributed by atoms with E-state index in [1.807, 2.05) is 0 Å². The second-order valence-corrected chi connectivity index (χ2v) is 3.93. The zero-order valence-electron chi connectivity index (χ0n) is 11.0. The van der Waals surface area contributed by atoms with Crippen LogP contribution in [0.4, 0.5) is 18.9 Å². The summed E-state index contributed by atoms with van der Waals surface area (Å²) in [6.07, 6.45) is -4.62. The minimum absolute atomic E-state index is 0.157. The van der Waals surface area contributed by atoms with Crippen molar-refractivity contribution in [2.75, 3.05) is 25.1 Å². The van der Waals surface area contributed by atoms with Crippen LogP contribution in [0, 0.1) is 11.3 Å². The molecule has 0 aromatic heterocycles. The van der Waals surface area contributed by atoms with Gasteiger partial charge in [-0.3, -0.25) is 4.79 Å². The van der Waals surface area contributed by atoms with Crippen LogP contribution in [0.1, 0.15) is 18.1 Å². The number of methoxy groups -OCH3 is 1. The molecule has 0 radical (unpaired) electrons. The van der Waals surface area contributed by atoms with Gasteiger partial charge in [0.25, 0.3) is 0 Å². The molecule has 1 aromatic carbocycles. The highest BCUT2D eigenvalue weighted by Gasteiger charge is 2.34. The topological polar surface area (TPSA) is 53.3 Å². The van der Waals surface area contributed by atoms with E-state index in [4.69, 9.17) is 5.26 Å². The third-order valence-corrected chi connectivity index (χ3v) is 2.72. The molecule has 0 heterocycles. The van der Waals surface area contributed by atoms with E-state index >= 15 is 0 Å². The fourth-order valence-electron chi connectivity index (χ4n) is 1.67. The van der Waals surface area contributed by atoms with Crippen LogP contribution in [0.3, 0.4) is 0 Å². The highest BCUT2D eigenvalue weighted by molar-refractivity contribution is 5.76. The fourth-order valence-corrected chi connectivity index (χ4v) is 1.67. The van der Waals surface area contributed by atoms with Gasteiger partial charge in [-0.05, 0) is 25.1 Å². The number of nitrogens with zero attached hydrogens (tertiary/aromatic N) is 2. The van der Waals surface area contributed by atoms with Crippen LogP contribution in [0.25, 0.3) is 0 Å². The molecule has 0 atom stereocenters. The quantitative estimate of drug-likeness (QED) is 0.798. The van der Waals surface area contributed by atoms with Gasteiger partial charge in [0.2, 0.25) is 0 Å². The van der Waals surface area contributed by atoms with Gasteiger partial charge in [0.15, 0.2) is 0 Å². The zero-order valence-corrected chi connectivity index (χ0v) is 11.0. The van der Waals surface area contributed by atoms with Crippen LogP contribution in [-0.4, -0.2) is 26.2 Å². The summed E-state index contributed by atoms with van der Waals surface area (Å²) in [7, 11) is 1.20. The van der Waals surface area contributed by atoms with Gasteiger partial charge >= 0.3 is 12.1 Å². The number of carbonyl (C=O) groups excluding carboxylic acids is 1. The van der Waals surface area contributed by atoms with E-state index in [1.54, 1.807) is 6.92 Å². The Morgan fingerprint density at radius 2 is 2.10 bits per heavy atom. The maximum Gasteiger partial charge on any atom is 0.417 e. The highest BCUT2D eigenvalue weighted by Crippen LogP contribution is 2.34. The van der Waals surface area contributed by atoms with Gasteiger partial charge in [-0.15, -0.1) is 0 Å². The third-order valence-electron chi connectivity index (χ3n) is 2.72. The lowest BCUT2D eigenvalue weighted by atomic mass is 10.1. The second kappa shape index (κ2) is 6.28. The van der Waals surface area contributed by atoms with E-state index in [9.17, 15) is 18.0 Å². The predicted molar refractivity (Wildman–Crippen MR) is 66.1 cm³/mol. The summed E-state index contributed by atoms with van der Waals surface area (Å²) in [5, 5.41) is 8.71. The largest absolute Gasteiger partial charge is 0.468 e. The summed E-state index contributed by atoms with van der Waals surface area (Å²) >= 11 is 0. The predicted octanol–water partition coefficient (Wildman–Crippen LogP) is 2.58. The van der Waals surface area contributed by atoms with Gasteiger partial charge in [0, 0.05) is 12.2 Å². The summed E-state index contributed by atoms with van der Waals surface area (Å²) in [5.74, 6) is -0.551. The Morgan fingerprint density at radius 3 is 2.55 bits per heavy atom. The summed E-state index contributed by atoms with van der Waals surface area (Å²) < 4.78 is 43.0. The summed E-state index contributed by atoms with van der Waals surface area (Å²) in [5.41, 5.74) is -1.25. The van der Waals surface area contributed by atoms with E-state index in [-0.39, 0.29) is 12.2 Å². The van der Waals surface area contributed by atoms with Crippen molar-refractivity contribution in [3.63, 3.8) is 0 Å². The Balaban J connectivity index is 3.19. The fraction of sp³-hybridized carbons (Fsp3) is 0.385. The molecule has 7 heteroatoms. The van der Waals surface area contributed by atoms with Crippen LogP contribution in [-0.2, 0) is 15.7 Å². The highest BCUT2D eigenvalue weighted by atomic mass is 19.4. The Bertz CT molecular complexity index is 535. The first-order valence-corrected chi connectivity index (χ1v) is 5.76. The molecule has 0 saturated carbocycles.